The van der Waals surface area contributed by atoms with E-state index in [1.165, 1.54) is 12.1 Å². The number of nitrogens with zero attached hydrogens (tertiary/aromatic N) is 1. The highest BCUT2D eigenvalue weighted by molar-refractivity contribution is 6.04. The van der Waals surface area contributed by atoms with Crippen LogP contribution in [-0.2, 0) is 12.8 Å². The summed E-state index contributed by atoms with van der Waals surface area (Å²) in [5.74, 6) is -0.384. The van der Waals surface area contributed by atoms with Crippen LogP contribution in [0.25, 0.3) is 6.08 Å². The highest BCUT2D eigenvalue weighted by Crippen LogP contribution is 2.35. The molecule has 0 radical (unpaired) electrons. The van der Waals surface area contributed by atoms with Crippen molar-refractivity contribution in [2.45, 2.75) is 63.6 Å². The Morgan fingerprint density at radius 2 is 1.97 bits per heavy atom. The van der Waals surface area contributed by atoms with E-state index in [2.05, 4.69) is 10.3 Å². The first-order chi connectivity index (χ1) is 14.4. The number of nitrogens with one attached hydrogen (secondary N) is 1. The second-order valence-electron chi connectivity index (χ2n) is 8.46. The smallest absolute Gasteiger partial charge is 0.170 e. The number of aliphatic hydroxyl groups excluding tert-OH is 1. The zero-order valence-electron chi connectivity index (χ0n) is 17.2. The van der Waals surface area contributed by atoms with E-state index in [9.17, 15) is 14.3 Å². The van der Waals surface area contributed by atoms with Crippen LogP contribution in [0.15, 0.2) is 36.0 Å². The number of nitrogens with two attached hydrogens (primary N) is 1. The van der Waals surface area contributed by atoms with Gasteiger partial charge in [-0.15, -0.1) is 0 Å². The summed E-state index contributed by atoms with van der Waals surface area (Å²) in [6.45, 7) is 1.74. The Labute approximate surface area is 176 Å². The monoisotopic (exact) mass is 409 g/mol. The third kappa shape index (κ3) is 4.45. The van der Waals surface area contributed by atoms with E-state index >= 15 is 0 Å². The third-order valence-corrected chi connectivity index (χ3v) is 6.14. The van der Waals surface area contributed by atoms with Crippen molar-refractivity contribution in [3.63, 3.8) is 0 Å². The van der Waals surface area contributed by atoms with Crippen LogP contribution in [0.3, 0.4) is 0 Å². The molecule has 1 saturated carbocycles. The van der Waals surface area contributed by atoms with Gasteiger partial charge in [-0.1, -0.05) is 12.1 Å². The van der Waals surface area contributed by atoms with Gasteiger partial charge in [-0.3, -0.25) is 9.78 Å². The lowest BCUT2D eigenvalue weighted by atomic mass is 9.91. The van der Waals surface area contributed by atoms with Crippen LogP contribution in [0.4, 0.5) is 10.1 Å². The van der Waals surface area contributed by atoms with Gasteiger partial charge >= 0.3 is 0 Å². The van der Waals surface area contributed by atoms with Crippen LogP contribution in [0.1, 0.15) is 59.8 Å². The number of Topliss-reactive ketones (excluding diaryl/α,β-unsaturated/α-hetero) is 1. The van der Waals surface area contributed by atoms with Gasteiger partial charge in [0.2, 0.25) is 0 Å². The molecule has 1 heterocycles. The first-order valence-corrected chi connectivity index (χ1v) is 10.6. The first-order valence-electron chi connectivity index (χ1n) is 10.6. The van der Waals surface area contributed by atoms with Crippen molar-refractivity contribution in [1.29, 1.82) is 0 Å². The molecule has 6 heteroatoms. The molecule has 158 valence electrons. The van der Waals surface area contributed by atoms with Gasteiger partial charge in [0.15, 0.2) is 5.78 Å². The van der Waals surface area contributed by atoms with Crippen LogP contribution in [0, 0.1) is 5.82 Å². The van der Waals surface area contributed by atoms with Crippen molar-refractivity contribution in [3.05, 3.63) is 64.2 Å². The van der Waals surface area contributed by atoms with Crippen LogP contribution in [0.5, 0.6) is 0 Å². The number of halogens is 1. The molecule has 0 saturated heterocycles. The molecule has 30 heavy (non-hydrogen) atoms. The van der Waals surface area contributed by atoms with E-state index in [1.54, 1.807) is 25.3 Å². The van der Waals surface area contributed by atoms with Gasteiger partial charge < -0.3 is 16.2 Å². The number of hydrogen-bond acceptors (Lipinski definition) is 5. The summed E-state index contributed by atoms with van der Waals surface area (Å²) in [7, 11) is 0. The van der Waals surface area contributed by atoms with E-state index in [0.29, 0.717) is 12.0 Å². The fourth-order valence-electron chi connectivity index (χ4n) is 4.28. The molecule has 4 N–H and O–H groups in total. The summed E-state index contributed by atoms with van der Waals surface area (Å²) in [6, 6.07) is 6.49. The molecule has 4 rings (SSSR count). The lowest BCUT2D eigenvalue weighted by molar-refractivity contribution is 0.0993. The second-order valence-corrected chi connectivity index (χ2v) is 8.46. The lowest BCUT2D eigenvalue weighted by Gasteiger charge is -2.29. The Kier molecular flexibility index (Phi) is 5.97. The fourth-order valence-corrected chi connectivity index (χ4v) is 4.28. The molecule has 2 aliphatic rings. The van der Waals surface area contributed by atoms with Crippen molar-refractivity contribution < 1.29 is 14.3 Å². The topological polar surface area (TPSA) is 88.2 Å². The molecule has 1 atom stereocenters. The number of rotatable bonds is 6. The molecule has 5 nitrogen and oxygen atoms in total. The van der Waals surface area contributed by atoms with Crippen LogP contribution < -0.4 is 11.1 Å². The van der Waals surface area contributed by atoms with E-state index in [1.807, 2.05) is 6.08 Å². The molecule has 2 aliphatic carbocycles. The van der Waals surface area contributed by atoms with Crippen molar-refractivity contribution in [2.75, 3.05) is 5.32 Å². The highest BCUT2D eigenvalue weighted by Gasteiger charge is 2.27. The molecular weight excluding hydrogens is 381 g/mol. The number of aliphatic hydroxyl groups is 1. The SMILES string of the molecule is CC(O)C1=Cc2c(ncc(C(=O)Cc3ccc(F)cc3)c2NC2CCC(N)CC2)C1. The van der Waals surface area contributed by atoms with Gasteiger partial charge in [0.1, 0.15) is 5.82 Å². The van der Waals surface area contributed by atoms with Crippen molar-refractivity contribution in [1.82, 2.24) is 4.98 Å². The van der Waals surface area contributed by atoms with Gasteiger partial charge in [0.25, 0.3) is 0 Å². The van der Waals surface area contributed by atoms with E-state index in [0.717, 1.165) is 53.8 Å². The number of pyridine rings is 1. The van der Waals surface area contributed by atoms with Crippen molar-refractivity contribution >= 4 is 17.5 Å². The zero-order valence-corrected chi connectivity index (χ0v) is 17.2. The Hall–Kier alpha value is -2.57. The molecular formula is C24H28FN3O2. The maximum Gasteiger partial charge on any atom is 0.170 e. The third-order valence-electron chi connectivity index (χ3n) is 6.14. The normalized spacial score (nSPS) is 21.7. The zero-order chi connectivity index (χ0) is 21.3. The number of benzene rings is 1. The summed E-state index contributed by atoms with van der Waals surface area (Å²) in [5, 5.41) is 13.6. The van der Waals surface area contributed by atoms with Crippen LogP contribution >= 0.6 is 0 Å². The number of hydrogen-bond donors (Lipinski definition) is 3. The average molecular weight is 410 g/mol. The maximum absolute atomic E-state index is 13.2. The number of carbonyl (C=O) groups is 1. The number of ketones is 1. The Morgan fingerprint density at radius 3 is 2.63 bits per heavy atom. The minimum atomic E-state index is -0.557. The van der Waals surface area contributed by atoms with Crippen molar-refractivity contribution in [2.24, 2.45) is 5.73 Å². The Morgan fingerprint density at radius 1 is 1.27 bits per heavy atom. The van der Waals surface area contributed by atoms with E-state index < -0.39 is 6.10 Å². The quantitative estimate of drug-likeness (QED) is 0.634. The maximum atomic E-state index is 13.2. The standard InChI is InChI=1S/C24H28FN3O2/c1-14(29)16-11-20-22(12-16)27-13-21(23(30)10-15-2-4-17(25)5-3-15)24(20)28-19-8-6-18(26)7-9-19/h2-5,11,13-14,18-19,29H,6-10,12,26H2,1H3,(H,27,28). The predicted molar refractivity (Wildman–Crippen MR) is 116 cm³/mol. The average Bonchev–Trinajstić information content (AvgIpc) is 3.17. The molecule has 0 bridgehead atoms. The largest absolute Gasteiger partial charge is 0.389 e. The van der Waals surface area contributed by atoms with Crippen LogP contribution in [0.2, 0.25) is 0 Å². The molecule has 0 aliphatic heterocycles. The fraction of sp³-hybridized carbons (Fsp3) is 0.417. The molecule has 0 spiro atoms. The van der Waals surface area contributed by atoms with Gasteiger partial charge in [0, 0.05) is 36.7 Å². The first kappa shape index (κ1) is 20.7. The molecule has 1 aromatic carbocycles. The van der Waals surface area contributed by atoms with E-state index in [-0.39, 0.29) is 30.1 Å². The summed E-state index contributed by atoms with van der Waals surface area (Å²) in [5.41, 5.74) is 10.8. The second kappa shape index (κ2) is 8.66. The molecule has 1 aromatic heterocycles. The minimum Gasteiger partial charge on any atom is -0.389 e. The lowest BCUT2D eigenvalue weighted by Crippen LogP contribution is -2.33. The van der Waals surface area contributed by atoms with Gasteiger partial charge in [-0.05, 0) is 62.0 Å². The van der Waals surface area contributed by atoms with E-state index in [4.69, 9.17) is 5.73 Å². The number of aromatic nitrogens is 1. The number of carbonyl (C=O) groups excluding carboxylic acids is 1. The minimum absolute atomic E-state index is 0.0641. The van der Waals surface area contributed by atoms with Crippen molar-refractivity contribution in [3.8, 4) is 0 Å². The summed E-state index contributed by atoms with van der Waals surface area (Å²) in [4.78, 5) is 17.7. The van der Waals surface area contributed by atoms with Gasteiger partial charge in [-0.2, -0.15) is 0 Å². The van der Waals surface area contributed by atoms with Gasteiger partial charge in [0.05, 0.1) is 23.0 Å². The molecule has 1 fully saturated rings. The highest BCUT2D eigenvalue weighted by atomic mass is 19.1. The Balaban J connectivity index is 1.66. The molecule has 2 aromatic rings. The number of fused-ring (bicyclic) bond motifs is 1. The molecule has 1 unspecified atom stereocenters. The predicted octanol–water partition coefficient (Wildman–Crippen LogP) is 3.65. The Bertz CT molecular complexity index is 961. The van der Waals surface area contributed by atoms with Gasteiger partial charge in [-0.25, -0.2) is 4.39 Å². The van der Waals surface area contributed by atoms with Crippen LogP contribution in [-0.4, -0.2) is 34.1 Å². The number of anilines is 1. The molecule has 0 amide bonds. The summed E-state index contributed by atoms with van der Waals surface area (Å²) >= 11 is 0. The summed E-state index contributed by atoms with van der Waals surface area (Å²) < 4.78 is 13.2. The summed E-state index contributed by atoms with van der Waals surface area (Å²) in [6.07, 6.45) is 7.63.